The fraction of sp³-hybridized carbons (Fsp3) is 0.188. The van der Waals surface area contributed by atoms with Crippen molar-refractivity contribution < 1.29 is 19.2 Å². The van der Waals surface area contributed by atoms with Gasteiger partial charge in [0.2, 0.25) is 11.8 Å². The van der Waals surface area contributed by atoms with Crippen molar-refractivity contribution in [2.75, 3.05) is 18.6 Å². The van der Waals surface area contributed by atoms with E-state index < -0.39 is 11.0 Å². The van der Waals surface area contributed by atoms with E-state index in [4.69, 9.17) is 4.74 Å². The Labute approximate surface area is 238 Å². The largest absolute Gasteiger partial charge is 0.497 e. The van der Waals surface area contributed by atoms with Crippen LogP contribution < -0.4 is 9.64 Å². The van der Waals surface area contributed by atoms with Gasteiger partial charge in [0.1, 0.15) is 18.3 Å². The highest BCUT2D eigenvalue weighted by Gasteiger charge is 2.37. The van der Waals surface area contributed by atoms with Crippen LogP contribution in [0.5, 0.6) is 5.75 Å². The predicted molar refractivity (Wildman–Crippen MR) is 157 cm³/mol. The predicted octanol–water partition coefficient (Wildman–Crippen LogP) is 5.78. The second-order valence-corrected chi connectivity index (χ2v) is 9.97. The summed E-state index contributed by atoms with van der Waals surface area (Å²) in [5.41, 5.74) is 4.09. The molecule has 2 amide bonds. The number of aromatic nitrogens is 1. The molecule has 0 radical (unpaired) electrons. The van der Waals surface area contributed by atoms with Crippen molar-refractivity contribution >= 4 is 29.3 Å². The van der Waals surface area contributed by atoms with Crippen molar-refractivity contribution in [3.63, 3.8) is 0 Å². The van der Waals surface area contributed by atoms with Crippen molar-refractivity contribution in [2.45, 2.75) is 25.9 Å². The maximum Gasteiger partial charge on any atom is 0.269 e. The van der Waals surface area contributed by atoms with Crippen molar-refractivity contribution in [3.05, 3.63) is 124 Å². The molecular formula is C32H30N4O5. The number of rotatable bonds is 8. The topological polar surface area (TPSA) is 97.9 Å². The molecule has 1 unspecified atom stereocenters. The highest BCUT2D eigenvalue weighted by molar-refractivity contribution is 6.02. The van der Waals surface area contributed by atoms with Crippen LogP contribution in [0.25, 0.3) is 11.8 Å². The zero-order valence-electron chi connectivity index (χ0n) is 23.0. The molecule has 0 saturated heterocycles. The van der Waals surface area contributed by atoms with Crippen LogP contribution in [0.3, 0.4) is 0 Å². The van der Waals surface area contributed by atoms with Gasteiger partial charge >= 0.3 is 0 Å². The number of carbonyl (C=O) groups excluding carboxylic acids is 2. The van der Waals surface area contributed by atoms with Gasteiger partial charge in [0.25, 0.3) is 5.69 Å². The summed E-state index contributed by atoms with van der Waals surface area (Å²) in [6, 6.07) is 24.6. The summed E-state index contributed by atoms with van der Waals surface area (Å²) in [5, 5.41) is 10.9. The summed E-state index contributed by atoms with van der Waals surface area (Å²) in [6.07, 6.45) is 4.97. The molecule has 4 aromatic rings. The lowest BCUT2D eigenvalue weighted by Gasteiger charge is -2.40. The minimum Gasteiger partial charge on any atom is -0.497 e. The Morgan fingerprint density at radius 3 is 2.29 bits per heavy atom. The number of amides is 2. The fourth-order valence-electron chi connectivity index (χ4n) is 5.07. The Hall–Kier alpha value is -5.18. The standard InChI is InChI=1S/C32H30N4O5/c1-22(2)34(30(37)19-12-23-10-15-25(16-11-23)36(39)40)21-31(38)35-28-8-5-4-7-27(28)33-20-6-9-29(33)32(35)24-13-17-26(41-3)18-14-24/h4-20,22,32H,21H2,1-3H3. The summed E-state index contributed by atoms with van der Waals surface area (Å²) in [7, 11) is 1.61. The fourth-order valence-corrected chi connectivity index (χ4v) is 5.07. The van der Waals surface area contributed by atoms with Gasteiger partial charge in [-0.2, -0.15) is 0 Å². The van der Waals surface area contributed by atoms with Crippen molar-refractivity contribution in [1.82, 2.24) is 9.47 Å². The molecule has 0 spiro atoms. The van der Waals surface area contributed by atoms with Crippen LogP contribution in [0.4, 0.5) is 11.4 Å². The Morgan fingerprint density at radius 2 is 1.66 bits per heavy atom. The quantitative estimate of drug-likeness (QED) is 0.157. The summed E-state index contributed by atoms with van der Waals surface area (Å²) in [5.74, 6) is 0.160. The summed E-state index contributed by atoms with van der Waals surface area (Å²) in [6.45, 7) is 3.59. The Bertz CT molecular complexity index is 1610. The Kier molecular flexibility index (Phi) is 7.69. The van der Waals surface area contributed by atoms with Gasteiger partial charge in [-0.15, -0.1) is 0 Å². The average Bonchev–Trinajstić information content (AvgIpc) is 3.48. The second-order valence-electron chi connectivity index (χ2n) is 9.97. The van der Waals surface area contributed by atoms with Gasteiger partial charge in [0.15, 0.2) is 0 Å². The summed E-state index contributed by atoms with van der Waals surface area (Å²) >= 11 is 0. The number of fused-ring (bicyclic) bond motifs is 3. The summed E-state index contributed by atoms with van der Waals surface area (Å²) < 4.78 is 7.44. The number of carbonyl (C=O) groups is 2. The number of hydrogen-bond acceptors (Lipinski definition) is 5. The minimum absolute atomic E-state index is 0.0257. The number of non-ortho nitro benzene ring substituents is 1. The minimum atomic E-state index is -0.473. The highest BCUT2D eigenvalue weighted by Crippen LogP contribution is 2.42. The molecule has 3 aromatic carbocycles. The first kappa shape index (κ1) is 27.4. The van der Waals surface area contributed by atoms with E-state index in [0.717, 1.165) is 28.4 Å². The van der Waals surface area contributed by atoms with E-state index >= 15 is 0 Å². The van der Waals surface area contributed by atoms with Crippen LogP contribution in [0.1, 0.15) is 36.7 Å². The van der Waals surface area contributed by atoms with Gasteiger partial charge in [0.05, 0.1) is 29.1 Å². The molecule has 9 nitrogen and oxygen atoms in total. The molecule has 5 rings (SSSR count). The third kappa shape index (κ3) is 5.47. The molecule has 0 aliphatic carbocycles. The lowest BCUT2D eigenvalue weighted by atomic mass is 9.97. The maximum absolute atomic E-state index is 14.2. The van der Waals surface area contributed by atoms with Crippen molar-refractivity contribution in [1.29, 1.82) is 0 Å². The van der Waals surface area contributed by atoms with Crippen LogP contribution in [0.15, 0.2) is 97.2 Å². The number of para-hydroxylation sites is 2. The first-order valence-corrected chi connectivity index (χ1v) is 13.2. The third-order valence-corrected chi connectivity index (χ3v) is 7.15. The molecule has 1 atom stereocenters. The molecule has 41 heavy (non-hydrogen) atoms. The summed E-state index contributed by atoms with van der Waals surface area (Å²) in [4.78, 5) is 41.3. The number of ether oxygens (including phenoxy) is 1. The maximum atomic E-state index is 14.2. The molecule has 0 N–H and O–H groups in total. The van der Waals surface area contributed by atoms with Crippen LogP contribution >= 0.6 is 0 Å². The van der Waals surface area contributed by atoms with Gasteiger partial charge in [-0.3, -0.25) is 24.6 Å². The number of methoxy groups -OCH3 is 1. The van der Waals surface area contributed by atoms with Gasteiger partial charge in [-0.05, 0) is 79.6 Å². The van der Waals surface area contributed by atoms with Crippen LogP contribution in [0, 0.1) is 10.1 Å². The third-order valence-electron chi connectivity index (χ3n) is 7.15. The first-order valence-electron chi connectivity index (χ1n) is 13.2. The SMILES string of the molecule is COc1ccc(C2c3cccn3-c3ccccc3N2C(=O)CN(C(=O)C=Cc2ccc([N+](=O)[O-])cc2)C(C)C)cc1. The van der Waals surface area contributed by atoms with E-state index in [-0.39, 0.29) is 30.1 Å². The van der Waals surface area contributed by atoms with Crippen molar-refractivity contribution in [2.24, 2.45) is 0 Å². The number of nitrogens with zero attached hydrogens (tertiary/aromatic N) is 4. The van der Waals surface area contributed by atoms with Crippen LogP contribution in [-0.2, 0) is 9.59 Å². The number of benzene rings is 3. The van der Waals surface area contributed by atoms with Crippen LogP contribution in [0.2, 0.25) is 0 Å². The van der Waals surface area contributed by atoms with Crippen molar-refractivity contribution in [3.8, 4) is 11.4 Å². The highest BCUT2D eigenvalue weighted by atomic mass is 16.6. The first-order chi connectivity index (χ1) is 19.8. The normalized spacial score (nSPS) is 14.0. The van der Waals surface area contributed by atoms with Gasteiger partial charge in [-0.25, -0.2) is 0 Å². The Morgan fingerprint density at radius 1 is 0.976 bits per heavy atom. The number of anilines is 1. The molecule has 208 valence electrons. The second kappa shape index (κ2) is 11.5. The molecule has 0 bridgehead atoms. The molecule has 1 aliphatic heterocycles. The van der Waals surface area contributed by atoms with E-state index in [1.54, 1.807) is 30.2 Å². The zero-order valence-corrected chi connectivity index (χ0v) is 23.0. The number of nitro benzene ring substituents is 1. The number of nitro groups is 1. The van der Waals surface area contributed by atoms with E-state index in [2.05, 4.69) is 4.57 Å². The zero-order chi connectivity index (χ0) is 29.1. The van der Waals surface area contributed by atoms with E-state index in [1.165, 1.54) is 23.1 Å². The Balaban J connectivity index is 1.46. The van der Waals surface area contributed by atoms with Gasteiger partial charge in [-0.1, -0.05) is 24.3 Å². The average molecular weight is 551 g/mol. The smallest absolute Gasteiger partial charge is 0.269 e. The van der Waals surface area contributed by atoms with E-state index in [0.29, 0.717) is 5.56 Å². The molecular weight excluding hydrogens is 520 g/mol. The molecule has 2 heterocycles. The van der Waals surface area contributed by atoms with E-state index in [1.807, 2.05) is 80.7 Å². The molecule has 1 aliphatic rings. The number of hydrogen-bond donors (Lipinski definition) is 0. The van der Waals surface area contributed by atoms with E-state index in [9.17, 15) is 19.7 Å². The molecule has 1 aromatic heterocycles. The molecule has 0 saturated carbocycles. The van der Waals surface area contributed by atoms with Gasteiger partial charge in [0, 0.05) is 30.4 Å². The molecule has 9 heteroatoms. The van der Waals surface area contributed by atoms with Gasteiger partial charge < -0.3 is 14.2 Å². The lowest BCUT2D eigenvalue weighted by Crippen LogP contribution is -2.48. The lowest BCUT2D eigenvalue weighted by molar-refractivity contribution is -0.384. The molecule has 0 fully saturated rings. The monoisotopic (exact) mass is 550 g/mol. The van der Waals surface area contributed by atoms with Crippen LogP contribution in [-0.4, -0.2) is 45.9 Å².